The maximum atomic E-state index is 9.31. The van der Waals surface area contributed by atoms with Crippen LogP contribution >= 0.6 is 0 Å². The molecular formula is C12H21N3O. The number of pyridine rings is 1. The van der Waals surface area contributed by atoms with Crippen LogP contribution in [0, 0.1) is 6.92 Å². The first-order valence-electron chi connectivity index (χ1n) is 5.55. The molecule has 1 aromatic heterocycles. The quantitative estimate of drug-likeness (QED) is 0.740. The molecule has 0 fully saturated rings. The summed E-state index contributed by atoms with van der Waals surface area (Å²) in [5.74, 6) is 0. The molecule has 1 atom stereocenters. The van der Waals surface area contributed by atoms with Crippen LogP contribution in [-0.2, 0) is 0 Å². The molecule has 2 N–H and O–H groups in total. The molecule has 0 aliphatic heterocycles. The van der Waals surface area contributed by atoms with Gasteiger partial charge >= 0.3 is 0 Å². The summed E-state index contributed by atoms with van der Waals surface area (Å²) in [4.78, 5) is 6.34. The minimum Gasteiger partial charge on any atom is -0.394 e. The molecule has 0 aromatic carbocycles. The maximum absolute atomic E-state index is 9.31. The highest BCUT2D eigenvalue weighted by molar-refractivity contribution is 5.17. The van der Waals surface area contributed by atoms with Gasteiger partial charge in [0.2, 0.25) is 0 Å². The molecule has 0 amide bonds. The van der Waals surface area contributed by atoms with Gasteiger partial charge in [-0.2, -0.15) is 0 Å². The fourth-order valence-corrected chi connectivity index (χ4v) is 1.44. The third-order valence-electron chi connectivity index (χ3n) is 2.47. The van der Waals surface area contributed by atoms with Crippen LogP contribution in [0.1, 0.15) is 17.3 Å². The van der Waals surface area contributed by atoms with Gasteiger partial charge in [0.25, 0.3) is 0 Å². The first-order valence-corrected chi connectivity index (χ1v) is 5.55. The molecule has 4 heteroatoms. The number of nitrogens with zero attached hydrogens (tertiary/aromatic N) is 2. The molecule has 1 heterocycles. The lowest BCUT2D eigenvalue weighted by molar-refractivity contribution is 0.240. The summed E-state index contributed by atoms with van der Waals surface area (Å²) in [5, 5.41) is 12.6. The minimum absolute atomic E-state index is 0.0203. The Morgan fingerprint density at radius 2 is 2.19 bits per heavy atom. The van der Waals surface area contributed by atoms with Gasteiger partial charge in [0.15, 0.2) is 0 Å². The van der Waals surface area contributed by atoms with Crippen LogP contribution in [0.5, 0.6) is 0 Å². The Hall–Kier alpha value is -0.970. The predicted molar refractivity (Wildman–Crippen MR) is 65.4 cm³/mol. The zero-order valence-electron chi connectivity index (χ0n) is 10.3. The molecule has 0 bridgehead atoms. The molecule has 1 aromatic rings. The molecule has 90 valence electrons. The van der Waals surface area contributed by atoms with Gasteiger partial charge in [-0.1, -0.05) is 6.07 Å². The number of aromatic nitrogens is 1. The van der Waals surface area contributed by atoms with Gasteiger partial charge in [0.05, 0.1) is 12.6 Å². The van der Waals surface area contributed by atoms with Crippen LogP contribution in [0.3, 0.4) is 0 Å². The van der Waals surface area contributed by atoms with E-state index < -0.39 is 0 Å². The maximum Gasteiger partial charge on any atom is 0.0627 e. The summed E-state index contributed by atoms with van der Waals surface area (Å²) in [6.07, 6.45) is 1.82. The Morgan fingerprint density at radius 1 is 1.44 bits per heavy atom. The van der Waals surface area contributed by atoms with Crippen molar-refractivity contribution < 1.29 is 5.11 Å². The zero-order chi connectivity index (χ0) is 12.0. The van der Waals surface area contributed by atoms with Crippen LogP contribution in [-0.4, -0.2) is 48.8 Å². The fraction of sp³-hybridized carbons (Fsp3) is 0.583. The second kappa shape index (κ2) is 6.58. The van der Waals surface area contributed by atoms with E-state index in [4.69, 9.17) is 0 Å². The predicted octanol–water partition coefficient (Wildman–Crippen LogP) is 0.575. The van der Waals surface area contributed by atoms with Gasteiger partial charge in [-0.25, -0.2) is 0 Å². The van der Waals surface area contributed by atoms with Crippen molar-refractivity contribution in [3.8, 4) is 0 Å². The van der Waals surface area contributed by atoms with E-state index in [1.54, 1.807) is 0 Å². The van der Waals surface area contributed by atoms with Gasteiger partial charge in [0, 0.05) is 25.0 Å². The Morgan fingerprint density at radius 3 is 2.69 bits per heavy atom. The Bertz CT molecular complexity index is 298. The third kappa shape index (κ3) is 4.26. The molecule has 0 saturated carbocycles. The lowest BCUT2D eigenvalue weighted by atomic mass is 10.1. The number of hydrogen-bond donors (Lipinski definition) is 2. The summed E-state index contributed by atoms with van der Waals surface area (Å²) in [6, 6.07) is 3.95. The second-order valence-corrected chi connectivity index (χ2v) is 4.23. The van der Waals surface area contributed by atoms with Crippen LogP contribution in [0.15, 0.2) is 18.3 Å². The van der Waals surface area contributed by atoms with Gasteiger partial charge in [-0.15, -0.1) is 0 Å². The Labute approximate surface area is 97.3 Å². The highest BCUT2D eigenvalue weighted by atomic mass is 16.3. The van der Waals surface area contributed by atoms with E-state index in [9.17, 15) is 5.11 Å². The first-order chi connectivity index (χ1) is 7.63. The third-order valence-corrected chi connectivity index (χ3v) is 2.47. The zero-order valence-corrected chi connectivity index (χ0v) is 10.3. The average Bonchev–Trinajstić information content (AvgIpc) is 2.26. The molecular weight excluding hydrogens is 202 g/mol. The molecule has 0 aliphatic rings. The van der Waals surface area contributed by atoms with Crippen molar-refractivity contribution in [3.63, 3.8) is 0 Å². The topological polar surface area (TPSA) is 48.4 Å². The summed E-state index contributed by atoms with van der Waals surface area (Å²) in [7, 11) is 4.06. The van der Waals surface area contributed by atoms with Crippen molar-refractivity contribution >= 4 is 0 Å². The van der Waals surface area contributed by atoms with Crippen LogP contribution in [0.25, 0.3) is 0 Å². The highest BCUT2D eigenvalue weighted by Gasteiger charge is 2.09. The second-order valence-electron chi connectivity index (χ2n) is 4.23. The van der Waals surface area contributed by atoms with Crippen LogP contribution in [0.4, 0.5) is 0 Å². The number of nitrogens with one attached hydrogen (secondary N) is 1. The number of aliphatic hydroxyl groups is 1. The van der Waals surface area contributed by atoms with Gasteiger partial charge < -0.3 is 15.3 Å². The molecule has 1 rings (SSSR count). The summed E-state index contributed by atoms with van der Waals surface area (Å²) in [5.41, 5.74) is 2.03. The number of aliphatic hydroxyl groups excluding tert-OH is 1. The number of hydrogen-bond acceptors (Lipinski definition) is 4. The van der Waals surface area contributed by atoms with E-state index in [0.717, 1.165) is 24.3 Å². The SMILES string of the molecule is Cc1ccc(C(CO)NCCN(C)C)cn1. The van der Waals surface area contributed by atoms with Crippen molar-refractivity contribution in [2.75, 3.05) is 33.8 Å². The van der Waals surface area contributed by atoms with Gasteiger partial charge in [-0.05, 0) is 32.6 Å². The minimum atomic E-state index is -0.0203. The van der Waals surface area contributed by atoms with Crippen LogP contribution in [0.2, 0.25) is 0 Å². The molecule has 0 saturated heterocycles. The molecule has 4 nitrogen and oxygen atoms in total. The van der Waals surface area contributed by atoms with Crippen molar-refractivity contribution in [1.29, 1.82) is 0 Å². The Balaban J connectivity index is 2.50. The summed E-state index contributed by atoms with van der Waals surface area (Å²) in [6.45, 7) is 3.86. The van der Waals surface area contributed by atoms with E-state index >= 15 is 0 Å². The number of aryl methyl sites for hydroxylation is 1. The number of likely N-dealkylation sites (N-methyl/N-ethyl adjacent to an activating group) is 1. The molecule has 0 spiro atoms. The molecule has 0 aliphatic carbocycles. The number of rotatable bonds is 6. The largest absolute Gasteiger partial charge is 0.394 e. The van der Waals surface area contributed by atoms with Crippen LogP contribution < -0.4 is 5.32 Å². The van der Waals surface area contributed by atoms with Crippen molar-refractivity contribution in [1.82, 2.24) is 15.2 Å². The average molecular weight is 223 g/mol. The first kappa shape index (κ1) is 13.1. The fourth-order valence-electron chi connectivity index (χ4n) is 1.44. The normalized spacial score (nSPS) is 13.1. The molecule has 1 unspecified atom stereocenters. The van der Waals surface area contributed by atoms with Gasteiger partial charge in [-0.3, -0.25) is 4.98 Å². The van der Waals surface area contributed by atoms with E-state index in [-0.39, 0.29) is 12.6 Å². The van der Waals surface area contributed by atoms with E-state index in [1.807, 2.05) is 39.3 Å². The standard InChI is InChI=1S/C12H21N3O/c1-10-4-5-11(8-14-10)12(9-16)13-6-7-15(2)3/h4-5,8,12-13,16H,6-7,9H2,1-3H3. The lowest BCUT2D eigenvalue weighted by Crippen LogP contribution is -2.31. The van der Waals surface area contributed by atoms with E-state index in [1.165, 1.54) is 0 Å². The molecule has 0 radical (unpaired) electrons. The monoisotopic (exact) mass is 223 g/mol. The van der Waals surface area contributed by atoms with E-state index in [0.29, 0.717) is 0 Å². The van der Waals surface area contributed by atoms with Crippen molar-refractivity contribution in [2.45, 2.75) is 13.0 Å². The van der Waals surface area contributed by atoms with Gasteiger partial charge in [0.1, 0.15) is 0 Å². The van der Waals surface area contributed by atoms with E-state index in [2.05, 4.69) is 15.2 Å². The van der Waals surface area contributed by atoms with Crippen molar-refractivity contribution in [3.05, 3.63) is 29.6 Å². The Kier molecular flexibility index (Phi) is 5.38. The summed E-state index contributed by atoms with van der Waals surface area (Å²) >= 11 is 0. The molecule has 16 heavy (non-hydrogen) atoms. The summed E-state index contributed by atoms with van der Waals surface area (Å²) < 4.78 is 0. The van der Waals surface area contributed by atoms with Crippen molar-refractivity contribution in [2.24, 2.45) is 0 Å². The lowest BCUT2D eigenvalue weighted by Gasteiger charge is -2.18. The smallest absolute Gasteiger partial charge is 0.0627 e. The highest BCUT2D eigenvalue weighted by Crippen LogP contribution is 2.10.